The molecule has 0 aliphatic rings. The molecule has 0 amide bonds. The molecule has 0 heterocycles. The van der Waals surface area contributed by atoms with Gasteiger partial charge in [-0.3, -0.25) is 0 Å². The highest BCUT2D eigenvalue weighted by Gasteiger charge is 2.26. The third-order valence-electron chi connectivity index (χ3n) is 7.80. The normalized spacial score (nSPS) is 13.2. The van der Waals surface area contributed by atoms with Crippen molar-refractivity contribution in [3.05, 3.63) is 59.2 Å². The fourth-order valence-corrected chi connectivity index (χ4v) is 5.66. The third kappa shape index (κ3) is 9.41. The number of phenols is 1. The van der Waals surface area contributed by atoms with Crippen LogP contribution in [0.1, 0.15) is 126 Å². The first-order chi connectivity index (χ1) is 16.4. The molecular formula is C33H55O2P. The summed E-state index contributed by atoms with van der Waals surface area (Å²) in [6, 6.07) is 14.7. The Kier molecular flexibility index (Phi) is 11.6. The molecule has 0 aromatic heterocycles. The Morgan fingerprint density at radius 3 is 1.58 bits per heavy atom. The zero-order chi connectivity index (χ0) is 27.9. The van der Waals surface area contributed by atoms with E-state index >= 15 is 0 Å². The number of ether oxygens (including phenoxy) is 1. The van der Waals surface area contributed by atoms with Crippen molar-refractivity contribution in [3.8, 4) is 11.5 Å². The molecule has 0 aliphatic carbocycles. The Morgan fingerprint density at radius 2 is 1.14 bits per heavy atom. The lowest BCUT2D eigenvalue weighted by Crippen LogP contribution is -2.24. The van der Waals surface area contributed by atoms with Gasteiger partial charge in [-0.15, -0.1) is 0 Å². The fraction of sp³-hybridized carbons (Fsp3) is 0.636. The first-order valence-electron chi connectivity index (χ1n) is 13.8. The van der Waals surface area contributed by atoms with Gasteiger partial charge in [-0.05, 0) is 89.9 Å². The lowest BCUT2D eigenvalue weighted by atomic mass is 9.76. The van der Waals surface area contributed by atoms with E-state index in [9.17, 15) is 5.11 Å². The molecule has 204 valence electrons. The molecule has 0 spiro atoms. The molecule has 2 aromatic rings. The van der Waals surface area contributed by atoms with Crippen LogP contribution in [0.2, 0.25) is 0 Å². The summed E-state index contributed by atoms with van der Waals surface area (Å²) in [5, 5.41) is 9.97. The Hall–Kier alpha value is -1.53. The highest BCUT2D eigenvalue weighted by Crippen LogP contribution is 2.39. The van der Waals surface area contributed by atoms with E-state index in [4.69, 9.17) is 4.74 Å². The van der Waals surface area contributed by atoms with Crippen LogP contribution in [0.4, 0.5) is 0 Å². The summed E-state index contributed by atoms with van der Waals surface area (Å²) >= 11 is 0. The van der Waals surface area contributed by atoms with Crippen molar-refractivity contribution >= 4 is 8.58 Å². The van der Waals surface area contributed by atoms with Crippen molar-refractivity contribution in [1.82, 2.24) is 0 Å². The molecule has 2 rings (SSSR count). The molecule has 0 fully saturated rings. The maximum absolute atomic E-state index is 10.0. The van der Waals surface area contributed by atoms with Crippen LogP contribution in [0.15, 0.2) is 42.5 Å². The number of benzene rings is 2. The van der Waals surface area contributed by atoms with Gasteiger partial charge in [0.1, 0.15) is 16.8 Å². The van der Waals surface area contributed by atoms with Gasteiger partial charge in [-0.1, -0.05) is 109 Å². The monoisotopic (exact) mass is 514 g/mol. The summed E-state index contributed by atoms with van der Waals surface area (Å²) in [6.07, 6.45) is 3.27. The Labute approximate surface area is 225 Å². The molecule has 0 aliphatic heterocycles. The van der Waals surface area contributed by atoms with Crippen LogP contribution in [-0.4, -0.2) is 16.1 Å². The summed E-state index contributed by atoms with van der Waals surface area (Å²) in [4.78, 5) is 0. The minimum Gasteiger partial charge on any atom is -0.508 e. The molecule has 3 heteroatoms. The number of phenolic OH excluding ortho intramolecular Hbond substituents is 1. The van der Waals surface area contributed by atoms with Crippen LogP contribution < -0.4 is 4.74 Å². The molecular weight excluding hydrogens is 459 g/mol. The van der Waals surface area contributed by atoms with Crippen LogP contribution in [0, 0.1) is 0 Å². The first kappa shape index (κ1) is 32.5. The third-order valence-corrected chi connectivity index (χ3v) is 9.18. The predicted octanol–water partition coefficient (Wildman–Crippen LogP) is 10.3. The van der Waals surface area contributed by atoms with Gasteiger partial charge in [0.15, 0.2) is 0 Å². The van der Waals surface area contributed by atoms with E-state index < -0.39 is 0 Å². The molecule has 2 aromatic carbocycles. The van der Waals surface area contributed by atoms with E-state index in [1.165, 1.54) is 11.1 Å². The number of hydrogen-bond donors (Lipinski definition) is 1. The first-order valence-corrected chi connectivity index (χ1v) is 14.9. The lowest BCUT2D eigenvalue weighted by molar-refractivity contribution is 0.202. The Balaban J connectivity index is 0.000000362. The van der Waals surface area contributed by atoms with Gasteiger partial charge in [0.05, 0.1) is 0 Å². The second-order valence-corrected chi connectivity index (χ2v) is 15.5. The van der Waals surface area contributed by atoms with E-state index in [0.29, 0.717) is 11.4 Å². The van der Waals surface area contributed by atoms with Crippen molar-refractivity contribution in [1.29, 1.82) is 0 Å². The molecule has 1 unspecified atom stereocenters. The molecule has 2 nitrogen and oxygen atoms in total. The van der Waals surface area contributed by atoms with Crippen molar-refractivity contribution in [2.24, 2.45) is 0 Å². The molecule has 0 saturated carbocycles. The minimum absolute atomic E-state index is 0.0317. The predicted molar refractivity (Wildman–Crippen MR) is 163 cm³/mol. The van der Waals surface area contributed by atoms with E-state index in [0.717, 1.165) is 39.2 Å². The van der Waals surface area contributed by atoms with Crippen molar-refractivity contribution in [2.45, 2.75) is 137 Å². The van der Waals surface area contributed by atoms with E-state index in [1.54, 1.807) is 0 Å². The van der Waals surface area contributed by atoms with Gasteiger partial charge in [-0.25, -0.2) is 0 Å². The van der Waals surface area contributed by atoms with E-state index in [2.05, 4.69) is 120 Å². The highest BCUT2D eigenvalue weighted by atomic mass is 31.1. The zero-order valence-electron chi connectivity index (χ0n) is 25.6. The summed E-state index contributed by atoms with van der Waals surface area (Å²) in [5.41, 5.74) is 4.89. The van der Waals surface area contributed by atoms with Crippen LogP contribution in [0.3, 0.4) is 0 Å². The lowest BCUT2D eigenvalue weighted by Gasteiger charge is -2.29. The Bertz CT molecular complexity index is 937. The average molecular weight is 515 g/mol. The van der Waals surface area contributed by atoms with E-state index in [-0.39, 0.29) is 21.6 Å². The second kappa shape index (κ2) is 12.8. The molecule has 1 atom stereocenters. The SMILES string of the molecule is CCC(C)(C)c1ccc(O)c(C(C)(C)CC)c1.CCC(C)(C)c1ccc(OC(C)(C)PC(C)C)cc1. The van der Waals surface area contributed by atoms with Crippen LogP contribution in [0.25, 0.3) is 0 Å². The fourth-order valence-electron chi connectivity index (χ4n) is 4.09. The van der Waals surface area contributed by atoms with Gasteiger partial charge in [0.25, 0.3) is 0 Å². The summed E-state index contributed by atoms with van der Waals surface area (Å²) < 4.78 is 6.13. The summed E-state index contributed by atoms with van der Waals surface area (Å²) in [6.45, 7) is 28.9. The summed E-state index contributed by atoms with van der Waals surface area (Å²) in [7, 11) is 0.805. The standard InChI is InChI=1S/C17H29OP.C16H26O/c1-8-16(4,5)14-9-11-15(12-10-14)18-17(6,7)19-13(2)3;1-7-15(3,4)12-9-10-14(17)13(11-12)16(5,6)8-2/h9-13,19H,8H2,1-7H3;9-11,17H,7-8H2,1-6H3. The highest BCUT2D eigenvalue weighted by molar-refractivity contribution is 7.40. The summed E-state index contributed by atoms with van der Waals surface area (Å²) in [5.74, 6) is 1.40. The maximum atomic E-state index is 10.0. The Morgan fingerprint density at radius 1 is 0.694 bits per heavy atom. The zero-order valence-corrected chi connectivity index (χ0v) is 26.6. The van der Waals surface area contributed by atoms with Crippen LogP contribution >= 0.6 is 8.58 Å². The van der Waals surface area contributed by atoms with Crippen molar-refractivity contribution < 1.29 is 9.84 Å². The van der Waals surface area contributed by atoms with Gasteiger partial charge in [0.2, 0.25) is 0 Å². The molecule has 0 radical (unpaired) electrons. The molecule has 0 bridgehead atoms. The minimum atomic E-state index is -0.0735. The second-order valence-electron chi connectivity index (χ2n) is 12.9. The van der Waals surface area contributed by atoms with Gasteiger partial charge < -0.3 is 9.84 Å². The van der Waals surface area contributed by atoms with Gasteiger partial charge >= 0.3 is 0 Å². The average Bonchev–Trinajstić information content (AvgIpc) is 2.78. The van der Waals surface area contributed by atoms with Crippen molar-refractivity contribution in [3.63, 3.8) is 0 Å². The number of hydrogen-bond acceptors (Lipinski definition) is 2. The topological polar surface area (TPSA) is 29.5 Å². The maximum Gasteiger partial charge on any atom is 0.120 e. The van der Waals surface area contributed by atoms with Crippen LogP contribution in [0.5, 0.6) is 11.5 Å². The van der Waals surface area contributed by atoms with Crippen molar-refractivity contribution in [2.75, 3.05) is 0 Å². The number of rotatable bonds is 10. The van der Waals surface area contributed by atoms with Gasteiger partial charge in [0, 0.05) is 0 Å². The van der Waals surface area contributed by atoms with Crippen LogP contribution in [-0.2, 0) is 16.2 Å². The molecule has 1 N–H and O–H groups in total. The smallest absolute Gasteiger partial charge is 0.120 e. The van der Waals surface area contributed by atoms with Gasteiger partial charge in [-0.2, -0.15) is 0 Å². The quantitative estimate of drug-likeness (QED) is 0.320. The molecule has 0 saturated heterocycles. The largest absolute Gasteiger partial charge is 0.508 e. The van der Waals surface area contributed by atoms with E-state index in [1.807, 2.05) is 12.1 Å². The molecule has 36 heavy (non-hydrogen) atoms. The number of aromatic hydroxyl groups is 1.